The van der Waals surface area contributed by atoms with Crippen molar-refractivity contribution in [3.05, 3.63) is 40.5 Å². The molecule has 1 aromatic heterocycles. The van der Waals surface area contributed by atoms with Crippen LogP contribution in [0.2, 0.25) is 5.02 Å². The smallest absolute Gasteiger partial charge is 0.229 e. The van der Waals surface area contributed by atoms with Crippen molar-refractivity contribution in [2.24, 2.45) is 0 Å². The van der Waals surface area contributed by atoms with Gasteiger partial charge >= 0.3 is 0 Å². The molecule has 0 bridgehead atoms. The Morgan fingerprint density at radius 3 is 2.57 bits per heavy atom. The first-order chi connectivity index (χ1) is 11.1. The predicted octanol–water partition coefficient (Wildman–Crippen LogP) is 5.24. The lowest BCUT2D eigenvalue weighted by Crippen LogP contribution is -2.23. The second kappa shape index (κ2) is 7.18. The van der Waals surface area contributed by atoms with Crippen LogP contribution in [0.25, 0.3) is 0 Å². The second-order valence-electron chi connectivity index (χ2n) is 6.29. The van der Waals surface area contributed by atoms with Gasteiger partial charge in [0.15, 0.2) is 0 Å². The predicted molar refractivity (Wildman–Crippen MR) is 96.7 cm³/mol. The normalized spacial score (nSPS) is 15.4. The van der Waals surface area contributed by atoms with E-state index < -0.39 is 0 Å². The highest BCUT2D eigenvalue weighted by atomic mass is 35.5. The van der Waals surface area contributed by atoms with Gasteiger partial charge in [-0.2, -0.15) is 4.98 Å². The lowest BCUT2D eigenvalue weighted by Gasteiger charge is -2.23. The number of benzene rings is 1. The molecule has 2 N–H and O–H groups in total. The molecule has 23 heavy (non-hydrogen) atoms. The largest absolute Gasteiger partial charge is 0.367 e. The number of nitrogens with one attached hydrogen (secondary N) is 2. The fraction of sp³-hybridized carbons (Fsp3) is 0.444. The van der Waals surface area contributed by atoms with E-state index in [0.717, 1.165) is 27.8 Å². The molecule has 1 aliphatic carbocycles. The van der Waals surface area contributed by atoms with E-state index in [-0.39, 0.29) is 0 Å². The molecule has 0 saturated heterocycles. The minimum absolute atomic E-state index is 0.528. The highest BCUT2D eigenvalue weighted by molar-refractivity contribution is 6.31. The number of hydrogen-bond donors (Lipinski definition) is 2. The van der Waals surface area contributed by atoms with Gasteiger partial charge in [0.25, 0.3) is 0 Å². The van der Waals surface area contributed by atoms with Crippen LogP contribution in [0, 0.1) is 13.8 Å². The first-order valence-corrected chi connectivity index (χ1v) is 8.63. The first-order valence-electron chi connectivity index (χ1n) is 8.25. The lowest BCUT2D eigenvalue weighted by atomic mass is 9.95. The van der Waals surface area contributed by atoms with E-state index in [9.17, 15) is 0 Å². The first kappa shape index (κ1) is 16.1. The van der Waals surface area contributed by atoms with Crippen molar-refractivity contribution in [1.82, 2.24) is 9.97 Å². The molecule has 3 rings (SSSR count). The van der Waals surface area contributed by atoms with Gasteiger partial charge in [-0.1, -0.05) is 36.9 Å². The van der Waals surface area contributed by atoms with Crippen LogP contribution in [0.5, 0.6) is 0 Å². The van der Waals surface area contributed by atoms with E-state index in [1.54, 1.807) is 0 Å². The monoisotopic (exact) mass is 330 g/mol. The summed E-state index contributed by atoms with van der Waals surface area (Å²) in [5.74, 6) is 1.49. The SMILES string of the molecule is Cc1cc(NC2CCCCC2)nc(Nc2ccc(C)c(Cl)c2)n1. The highest BCUT2D eigenvalue weighted by Gasteiger charge is 2.14. The lowest BCUT2D eigenvalue weighted by molar-refractivity contribution is 0.462. The molecular weight excluding hydrogens is 308 g/mol. The maximum absolute atomic E-state index is 6.18. The van der Waals surface area contributed by atoms with E-state index in [1.165, 1.54) is 32.1 Å². The fourth-order valence-electron chi connectivity index (χ4n) is 2.95. The zero-order chi connectivity index (χ0) is 16.2. The van der Waals surface area contributed by atoms with Gasteiger partial charge < -0.3 is 10.6 Å². The molecule has 0 unspecified atom stereocenters. The van der Waals surface area contributed by atoms with Crippen molar-refractivity contribution >= 4 is 29.1 Å². The fourth-order valence-corrected chi connectivity index (χ4v) is 3.13. The molecule has 1 aliphatic rings. The zero-order valence-corrected chi connectivity index (χ0v) is 14.5. The summed E-state index contributed by atoms with van der Waals surface area (Å²) in [6.07, 6.45) is 6.39. The van der Waals surface area contributed by atoms with Gasteiger partial charge in [0.1, 0.15) is 5.82 Å². The average molecular weight is 331 g/mol. The van der Waals surface area contributed by atoms with Crippen LogP contribution < -0.4 is 10.6 Å². The van der Waals surface area contributed by atoms with Crippen molar-refractivity contribution in [2.75, 3.05) is 10.6 Å². The van der Waals surface area contributed by atoms with Crippen molar-refractivity contribution in [3.8, 4) is 0 Å². The molecule has 0 spiro atoms. The third-order valence-corrected chi connectivity index (χ3v) is 4.65. The molecule has 0 atom stereocenters. The Labute approximate surface area is 142 Å². The second-order valence-corrected chi connectivity index (χ2v) is 6.69. The standard InChI is InChI=1S/C18H23ClN4/c1-12-8-9-15(11-16(12)19)22-18-20-13(2)10-17(23-18)21-14-6-4-3-5-7-14/h8-11,14H,3-7H2,1-2H3,(H2,20,21,22,23). The van der Waals surface area contributed by atoms with Crippen molar-refractivity contribution in [2.45, 2.75) is 52.0 Å². The van der Waals surface area contributed by atoms with Crippen LogP contribution >= 0.6 is 11.6 Å². The third-order valence-electron chi connectivity index (χ3n) is 4.24. The van der Waals surface area contributed by atoms with Crippen LogP contribution in [0.15, 0.2) is 24.3 Å². The molecule has 0 radical (unpaired) electrons. The Morgan fingerprint density at radius 2 is 1.83 bits per heavy atom. The molecule has 1 heterocycles. The summed E-state index contributed by atoms with van der Waals surface area (Å²) in [5.41, 5.74) is 2.90. The van der Waals surface area contributed by atoms with Crippen LogP contribution in [-0.2, 0) is 0 Å². The summed E-state index contributed by atoms with van der Waals surface area (Å²) >= 11 is 6.18. The Morgan fingerprint density at radius 1 is 1.04 bits per heavy atom. The van der Waals surface area contributed by atoms with E-state index in [2.05, 4.69) is 20.6 Å². The number of hydrogen-bond acceptors (Lipinski definition) is 4. The van der Waals surface area contributed by atoms with Crippen molar-refractivity contribution < 1.29 is 0 Å². The van der Waals surface area contributed by atoms with Crippen LogP contribution in [0.4, 0.5) is 17.5 Å². The van der Waals surface area contributed by atoms with Gasteiger partial charge in [0.05, 0.1) is 0 Å². The van der Waals surface area contributed by atoms with E-state index in [4.69, 9.17) is 11.6 Å². The summed E-state index contributed by atoms with van der Waals surface area (Å²) in [4.78, 5) is 9.07. The number of rotatable bonds is 4. The summed E-state index contributed by atoms with van der Waals surface area (Å²) in [6.45, 7) is 3.97. The number of aromatic nitrogens is 2. The third kappa shape index (κ3) is 4.35. The molecule has 122 valence electrons. The van der Waals surface area contributed by atoms with Gasteiger partial charge in [0.2, 0.25) is 5.95 Å². The number of anilines is 3. The molecule has 4 nitrogen and oxygen atoms in total. The van der Waals surface area contributed by atoms with Crippen molar-refractivity contribution in [3.63, 3.8) is 0 Å². The molecule has 2 aromatic rings. The van der Waals surface area contributed by atoms with E-state index in [1.807, 2.05) is 38.1 Å². The van der Waals surface area contributed by atoms with Gasteiger partial charge in [0, 0.05) is 28.5 Å². The minimum Gasteiger partial charge on any atom is -0.367 e. The van der Waals surface area contributed by atoms with Crippen molar-refractivity contribution in [1.29, 1.82) is 0 Å². The molecule has 1 saturated carbocycles. The van der Waals surface area contributed by atoms with Crippen LogP contribution in [0.3, 0.4) is 0 Å². The van der Waals surface area contributed by atoms with Gasteiger partial charge in [-0.25, -0.2) is 4.98 Å². The van der Waals surface area contributed by atoms with Gasteiger partial charge in [-0.15, -0.1) is 0 Å². The zero-order valence-electron chi connectivity index (χ0n) is 13.7. The molecule has 0 aliphatic heterocycles. The maximum Gasteiger partial charge on any atom is 0.229 e. The average Bonchev–Trinajstić information content (AvgIpc) is 2.51. The minimum atomic E-state index is 0.528. The van der Waals surface area contributed by atoms with E-state index >= 15 is 0 Å². The molecule has 0 amide bonds. The Balaban J connectivity index is 1.75. The number of halogens is 1. The highest BCUT2D eigenvalue weighted by Crippen LogP contribution is 2.24. The van der Waals surface area contributed by atoms with Gasteiger partial charge in [-0.05, 0) is 44.4 Å². The molecular formula is C18H23ClN4. The summed E-state index contributed by atoms with van der Waals surface area (Å²) < 4.78 is 0. The van der Waals surface area contributed by atoms with Crippen LogP contribution in [-0.4, -0.2) is 16.0 Å². The topological polar surface area (TPSA) is 49.8 Å². The van der Waals surface area contributed by atoms with E-state index in [0.29, 0.717) is 12.0 Å². The number of nitrogens with zero attached hydrogens (tertiary/aromatic N) is 2. The summed E-state index contributed by atoms with van der Waals surface area (Å²) in [6, 6.07) is 8.40. The molecule has 5 heteroatoms. The molecule has 1 aromatic carbocycles. The Hall–Kier alpha value is -1.81. The summed E-state index contributed by atoms with van der Waals surface area (Å²) in [7, 11) is 0. The maximum atomic E-state index is 6.18. The molecule has 1 fully saturated rings. The van der Waals surface area contributed by atoms with Gasteiger partial charge in [-0.3, -0.25) is 0 Å². The number of aryl methyl sites for hydroxylation is 2. The Bertz CT molecular complexity index is 681. The van der Waals surface area contributed by atoms with Crippen LogP contribution in [0.1, 0.15) is 43.4 Å². The Kier molecular flexibility index (Phi) is 5.01. The quantitative estimate of drug-likeness (QED) is 0.805. The summed E-state index contributed by atoms with van der Waals surface area (Å²) in [5, 5.41) is 7.53.